The first-order chi connectivity index (χ1) is 14.7. The standard InChI is InChI=1S/C27H44O4/c1-6-7-8-9-10-11-12-13-16-19-30-25(28)23-17-14-15-18-24(23)26(29)31-21-22(2)20-27(3,4)5/h14-15,17-18,22H,6-13,16,19-21H2,1-5H3. The quantitative estimate of drug-likeness (QED) is 0.211. The molecule has 0 heterocycles. The Morgan fingerprint density at radius 3 is 1.81 bits per heavy atom. The van der Waals surface area contributed by atoms with Gasteiger partial charge in [-0.15, -0.1) is 0 Å². The third kappa shape index (κ3) is 12.6. The molecule has 1 aromatic carbocycles. The Morgan fingerprint density at radius 2 is 1.29 bits per heavy atom. The maximum absolute atomic E-state index is 12.6. The van der Waals surface area contributed by atoms with E-state index >= 15 is 0 Å². The Balaban J connectivity index is 2.37. The number of carbonyl (C=O) groups excluding carboxylic acids is 2. The number of unbranched alkanes of at least 4 members (excludes halogenated alkanes) is 8. The molecule has 0 aromatic heterocycles. The Bertz CT molecular complexity index is 645. The third-order valence-electron chi connectivity index (χ3n) is 5.31. The number of esters is 2. The van der Waals surface area contributed by atoms with Gasteiger partial charge in [0.2, 0.25) is 0 Å². The minimum atomic E-state index is -0.462. The van der Waals surface area contributed by atoms with Gasteiger partial charge in [-0.1, -0.05) is 98.1 Å². The van der Waals surface area contributed by atoms with Crippen LogP contribution in [0.25, 0.3) is 0 Å². The first-order valence-electron chi connectivity index (χ1n) is 12.2. The molecular weight excluding hydrogens is 388 g/mol. The topological polar surface area (TPSA) is 52.6 Å². The summed E-state index contributed by atoms with van der Waals surface area (Å²) >= 11 is 0. The highest BCUT2D eigenvalue weighted by atomic mass is 16.5. The molecule has 0 N–H and O–H groups in total. The van der Waals surface area contributed by atoms with Crippen molar-refractivity contribution in [1.29, 1.82) is 0 Å². The van der Waals surface area contributed by atoms with E-state index in [1.807, 2.05) is 0 Å². The summed E-state index contributed by atoms with van der Waals surface area (Å²) in [5.74, 6) is -0.652. The molecule has 0 spiro atoms. The molecule has 0 saturated heterocycles. The van der Waals surface area contributed by atoms with E-state index in [2.05, 4.69) is 34.6 Å². The lowest BCUT2D eigenvalue weighted by Gasteiger charge is -2.23. The average molecular weight is 433 g/mol. The molecule has 4 heteroatoms. The summed E-state index contributed by atoms with van der Waals surface area (Å²) in [5, 5.41) is 0. The number of hydrogen-bond acceptors (Lipinski definition) is 4. The van der Waals surface area contributed by atoms with Crippen molar-refractivity contribution >= 4 is 11.9 Å². The molecule has 1 aromatic rings. The average Bonchev–Trinajstić information content (AvgIpc) is 2.72. The second-order valence-corrected chi connectivity index (χ2v) is 9.98. The molecule has 1 atom stereocenters. The van der Waals surface area contributed by atoms with Crippen LogP contribution in [0, 0.1) is 11.3 Å². The number of rotatable bonds is 15. The molecule has 0 radical (unpaired) electrons. The fourth-order valence-corrected chi connectivity index (χ4v) is 3.89. The highest BCUT2D eigenvalue weighted by Crippen LogP contribution is 2.24. The SMILES string of the molecule is CCCCCCCCCCCOC(=O)c1ccccc1C(=O)OCC(C)CC(C)(C)C. The predicted octanol–water partition coefficient (Wildman–Crippen LogP) is 7.60. The van der Waals surface area contributed by atoms with Crippen LogP contribution in [-0.2, 0) is 9.47 Å². The summed E-state index contributed by atoms with van der Waals surface area (Å²) in [4.78, 5) is 25.1. The van der Waals surface area contributed by atoms with Gasteiger partial charge in [-0.2, -0.15) is 0 Å². The lowest BCUT2D eigenvalue weighted by molar-refractivity contribution is 0.0399. The van der Waals surface area contributed by atoms with Gasteiger partial charge in [0, 0.05) is 0 Å². The van der Waals surface area contributed by atoms with Gasteiger partial charge in [0.1, 0.15) is 0 Å². The Hall–Kier alpha value is -1.84. The van der Waals surface area contributed by atoms with Crippen LogP contribution in [0.15, 0.2) is 24.3 Å². The van der Waals surface area contributed by atoms with E-state index in [1.165, 1.54) is 44.9 Å². The maximum Gasteiger partial charge on any atom is 0.339 e. The summed E-state index contributed by atoms with van der Waals surface area (Å²) in [6.45, 7) is 11.6. The van der Waals surface area contributed by atoms with Crippen LogP contribution in [0.4, 0.5) is 0 Å². The molecule has 31 heavy (non-hydrogen) atoms. The van der Waals surface area contributed by atoms with Crippen LogP contribution in [-0.4, -0.2) is 25.2 Å². The molecule has 0 saturated carbocycles. The number of carbonyl (C=O) groups is 2. The zero-order valence-electron chi connectivity index (χ0n) is 20.5. The molecule has 1 rings (SSSR count). The van der Waals surface area contributed by atoms with Crippen LogP contribution in [0.2, 0.25) is 0 Å². The zero-order valence-corrected chi connectivity index (χ0v) is 20.5. The van der Waals surface area contributed by atoms with Gasteiger partial charge in [-0.25, -0.2) is 9.59 Å². The molecule has 0 fully saturated rings. The van der Waals surface area contributed by atoms with Crippen molar-refractivity contribution in [3.63, 3.8) is 0 Å². The van der Waals surface area contributed by atoms with Gasteiger partial charge in [-0.05, 0) is 36.3 Å². The Labute approximate surface area is 190 Å². The van der Waals surface area contributed by atoms with Crippen molar-refractivity contribution in [3.8, 4) is 0 Å². The van der Waals surface area contributed by atoms with Gasteiger partial charge in [0.05, 0.1) is 24.3 Å². The Morgan fingerprint density at radius 1 is 0.806 bits per heavy atom. The third-order valence-corrected chi connectivity index (χ3v) is 5.31. The van der Waals surface area contributed by atoms with Crippen LogP contribution < -0.4 is 0 Å². The minimum absolute atomic E-state index is 0.183. The second kappa shape index (κ2) is 15.0. The van der Waals surface area contributed by atoms with Crippen molar-refractivity contribution < 1.29 is 19.1 Å². The molecule has 0 amide bonds. The van der Waals surface area contributed by atoms with Gasteiger partial charge in [0.25, 0.3) is 0 Å². The molecule has 4 nitrogen and oxygen atoms in total. The van der Waals surface area contributed by atoms with Crippen molar-refractivity contribution in [2.45, 2.75) is 98.8 Å². The van der Waals surface area contributed by atoms with Crippen molar-refractivity contribution in [2.75, 3.05) is 13.2 Å². The maximum atomic E-state index is 12.6. The smallest absolute Gasteiger partial charge is 0.339 e. The van der Waals surface area contributed by atoms with E-state index in [0.717, 1.165) is 19.3 Å². The summed E-state index contributed by atoms with van der Waals surface area (Å²) < 4.78 is 10.9. The van der Waals surface area contributed by atoms with Crippen LogP contribution in [0.1, 0.15) is 120 Å². The molecule has 0 aliphatic heterocycles. The predicted molar refractivity (Wildman–Crippen MR) is 127 cm³/mol. The molecule has 0 aliphatic rings. The highest BCUT2D eigenvalue weighted by Gasteiger charge is 2.21. The molecule has 176 valence electrons. The van der Waals surface area contributed by atoms with E-state index in [9.17, 15) is 9.59 Å². The highest BCUT2D eigenvalue weighted by molar-refractivity contribution is 6.03. The first-order valence-corrected chi connectivity index (χ1v) is 12.2. The van der Waals surface area contributed by atoms with E-state index < -0.39 is 11.9 Å². The van der Waals surface area contributed by atoms with Crippen LogP contribution in [0.3, 0.4) is 0 Å². The fourth-order valence-electron chi connectivity index (χ4n) is 3.89. The monoisotopic (exact) mass is 432 g/mol. The van der Waals surface area contributed by atoms with Gasteiger partial charge in [-0.3, -0.25) is 0 Å². The van der Waals surface area contributed by atoms with Crippen molar-refractivity contribution in [3.05, 3.63) is 35.4 Å². The van der Waals surface area contributed by atoms with Crippen molar-refractivity contribution in [2.24, 2.45) is 11.3 Å². The van der Waals surface area contributed by atoms with E-state index in [1.54, 1.807) is 24.3 Å². The van der Waals surface area contributed by atoms with Gasteiger partial charge < -0.3 is 9.47 Å². The fraction of sp³-hybridized carbons (Fsp3) is 0.704. The lowest BCUT2D eigenvalue weighted by Crippen LogP contribution is -2.19. The zero-order chi connectivity index (χ0) is 23.1. The summed E-state index contributed by atoms with van der Waals surface area (Å²) in [6, 6.07) is 6.75. The van der Waals surface area contributed by atoms with E-state index in [-0.39, 0.29) is 22.5 Å². The molecular formula is C27H44O4. The summed E-state index contributed by atoms with van der Waals surface area (Å²) in [7, 11) is 0. The molecule has 1 unspecified atom stereocenters. The largest absolute Gasteiger partial charge is 0.462 e. The van der Waals surface area contributed by atoms with Crippen LogP contribution in [0.5, 0.6) is 0 Å². The summed E-state index contributed by atoms with van der Waals surface area (Å²) in [5.41, 5.74) is 0.747. The van der Waals surface area contributed by atoms with Crippen LogP contribution >= 0.6 is 0 Å². The lowest BCUT2D eigenvalue weighted by atomic mass is 9.86. The summed E-state index contributed by atoms with van der Waals surface area (Å²) in [6.07, 6.45) is 11.9. The number of hydrogen-bond donors (Lipinski definition) is 0. The first kappa shape index (κ1) is 27.2. The van der Waals surface area contributed by atoms with Crippen molar-refractivity contribution in [1.82, 2.24) is 0 Å². The second-order valence-electron chi connectivity index (χ2n) is 9.98. The normalized spacial score (nSPS) is 12.4. The number of benzene rings is 1. The van der Waals surface area contributed by atoms with Gasteiger partial charge >= 0.3 is 11.9 Å². The minimum Gasteiger partial charge on any atom is -0.462 e. The molecule has 0 bridgehead atoms. The molecule has 0 aliphatic carbocycles. The Kier molecular flexibility index (Phi) is 13.2. The number of ether oxygens (including phenoxy) is 2. The van der Waals surface area contributed by atoms with E-state index in [4.69, 9.17) is 9.47 Å². The van der Waals surface area contributed by atoms with Gasteiger partial charge in [0.15, 0.2) is 0 Å². The van der Waals surface area contributed by atoms with E-state index in [0.29, 0.717) is 13.2 Å².